The van der Waals surface area contributed by atoms with Crippen LogP contribution in [0.15, 0.2) is 59.3 Å². The lowest BCUT2D eigenvalue weighted by Gasteiger charge is -2.03. The lowest BCUT2D eigenvalue weighted by Crippen LogP contribution is -2.16. The van der Waals surface area contributed by atoms with Gasteiger partial charge in [0.15, 0.2) is 5.82 Å². The van der Waals surface area contributed by atoms with E-state index in [1.54, 1.807) is 30.5 Å². The maximum Gasteiger partial charge on any atom is 0.418 e. The maximum atomic E-state index is 11.7. The normalized spacial score (nSPS) is 10.4. The van der Waals surface area contributed by atoms with Crippen LogP contribution < -0.4 is 10.1 Å². The monoisotopic (exact) mass is 331 g/mol. The zero-order chi connectivity index (χ0) is 13.9. The second kappa shape index (κ2) is 5.34. The summed E-state index contributed by atoms with van der Waals surface area (Å²) in [6.45, 7) is 0. The number of hydrogen-bond acceptors (Lipinski definition) is 3. The number of benzene rings is 1. The molecule has 2 aromatic heterocycles. The zero-order valence-electron chi connectivity index (χ0n) is 10.3. The molecule has 0 saturated heterocycles. The Morgan fingerprint density at radius 3 is 2.85 bits per heavy atom. The van der Waals surface area contributed by atoms with Crippen molar-refractivity contribution < 1.29 is 9.53 Å². The van der Waals surface area contributed by atoms with Gasteiger partial charge in [0.1, 0.15) is 11.4 Å². The summed E-state index contributed by atoms with van der Waals surface area (Å²) in [6.07, 6.45) is 2.99. The molecule has 3 aromatic rings. The SMILES string of the molecule is O=C(Nc1cn2ccc(Br)cc2n1)Oc1ccccc1. The molecule has 0 bridgehead atoms. The minimum atomic E-state index is -0.571. The number of carbonyl (C=O) groups excluding carboxylic acids is 1. The van der Waals surface area contributed by atoms with Crippen molar-refractivity contribution in [1.82, 2.24) is 9.38 Å². The fraction of sp³-hybridized carbons (Fsp3) is 0. The Labute approximate surface area is 123 Å². The van der Waals surface area contributed by atoms with Gasteiger partial charge in [-0.3, -0.25) is 5.32 Å². The van der Waals surface area contributed by atoms with E-state index in [0.717, 1.165) is 10.1 Å². The minimum Gasteiger partial charge on any atom is -0.410 e. The molecule has 0 spiro atoms. The first kappa shape index (κ1) is 12.7. The number of carbonyl (C=O) groups is 1. The van der Waals surface area contributed by atoms with E-state index >= 15 is 0 Å². The van der Waals surface area contributed by atoms with E-state index in [1.165, 1.54) is 0 Å². The van der Waals surface area contributed by atoms with Gasteiger partial charge in [-0.15, -0.1) is 0 Å². The van der Waals surface area contributed by atoms with Gasteiger partial charge in [0.25, 0.3) is 0 Å². The molecule has 6 heteroatoms. The number of hydrogen-bond donors (Lipinski definition) is 1. The average molecular weight is 332 g/mol. The number of nitrogens with one attached hydrogen (secondary N) is 1. The topological polar surface area (TPSA) is 55.6 Å². The Kier molecular flexibility index (Phi) is 3.39. The van der Waals surface area contributed by atoms with Gasteiger partial charge in [0.05, 0.1) is 6.20 Å². The van der Waals surface area contributed by atoms with E-state index in [4.69, 9.17) is 4.74 Å². The van der Waals surface area contributed by atoms with Gasteiger partial charge in [0.2, 0.25) is 0 Å². The molecule has 0 saturated carbocycles. The van der Waals surface area contributed by atoms with Crippen molar-refractivity contribution in [2.45, 2.75) is 0 Å². The maximum absolute atomic E-state index is 11.7. The van der Waals surface area contributed by atoms with Crippen LogP contribution in [0.4, 0.5) is 10.6 Å². The van der Waals surface area contributed by atoms with E-state index in [0.29, 0.717) is 11.6 Å². The number of imidazole rings is 1. The summed E-state index contributed by atoms with van der Waals surface area (Å²) in [7, 11) is 0. The first-order valence-electron chi connectivity index (χ1n) is 5.89. The Balaban J connectivity index is 1.74. The third-order valence-electron chi connectivity index (χ3n) is 2.61. The van der Waals surface area contributed by atoms with Crippen molar-refractivity contribution >= 4 is 33.5 Å². The van der Waals surface area contributed by atoms with Gasteiger partial charge < -0.3 is 9.14 Å². The summed E-state index contributed by atoms with van der Waals surface area (Å²) in [5.74, 6) is 0.917. The largest absolute Gasteiger partial charge is 0.418 e. The number of para-hydroxylation sites is 1. The molecule has 0 radical (unpaired) electrons. The van der Waals surface area contributed by atoms with Gasteiger partial charge in [-0.25, -0.2) is 9.78 Å². The van der Waals surface area contributed by atoms with E-state index in [9.17, 15) is 4.79 Å². The van der Waals surface area contributed by atoms with Crippen LogP contribution in [0.3, 0.4) is 0 Å². The predicted octanol–water partition coefficient (Wildman–Crippen LogP) is 3.71. The molecular weight excluding hydrogens is 322 g/mol. The third kappa shape index (κ3) is 2.80. The minimum absolute atomic E-state index is 0.434. The lowest BCUT2D eigenvalue weighted by molar-refractivity contribution is 0.215. The number of amides is 1. The summed E-state index contributed by atoms with van der Waals surface area (Å²) < 4.78 is 7.86. The summed E-state index contributed by atoms with van der Waals surface area (Å²) in [5, 5.41) is 2.59. The molecule has 0 aliphatic heterocycles. The van der Waals surface area contributed by atoms with E-state index in [-0.39, 0.29) is 0 Å². The lowest BCUT2D eigenvalue weighted by atomic mass is 10.3. The Hall–Kier alpha value is -2.34. The van der Waals surface area contributed by atoms with Crippen LogP contribution in [0.25, 0.3) is 5.65 Å². The molecule has 100 valence electrons. The summed E-state index contributed by atoms with van der Waals surface area (Å²) >= 11 is 3.37. The second-order valence-electron chi connectivity index (χ2n) is 4.06. The molecule has 1 amide bonds. The van der Waals surface area contributed by atoms with Gasteiger partial charge in [0, 0.05) is 10.7 Å². The van der Waals surface area contributed by atoms with Crippen molar-refractivity contribution in [2.75, 3.05) is 5.32 Å². The zero-order valence-corrected chi connectivity index (χ0v) is 11.9. The Bertz CT molecular complexity index is 755. The molecule has 0 atom stereocenters. The second-order valence-corrected chi connectivity index (χ2v) is 4.98. The Morgan fingerprint density at radius 1 is 1.25 bits per heavy atom. The number of anilines is 1. The van der Waals surface area contributed by atoms with Crippen LogP contribution in [0.5, 0.6) is 5.75 Å². The number of aromatic nitrogens is 2. The fourth-order valence-corrected chi connectivity index (χ4v) is 2.07. The molecule has 0 unspecified atom stereocenters. The predicted molar refractivity (Wildman–Crippen MR) is 79.0 cm³/mol. The van der Waals surface area contributed by atoms with Crippen molar-refractivity contribution in [3.05, 3.63) is 59.3 Å². The number of nitrogens with zero attached hydrogens (tertiary/aromatic N) is 2. The molecule has 0 fully saturated rings. The van der Waals surface area contributed by atoms with Crippen molar-refractivity contribution in [3.63, 3.8) is 0 Å². The van der Waals surface area contributed by atoms with E-state index < -0.39 is 6.09 Å². The molecule has 5 nitrogen and oxygen atoms in total. The van der Waals surface area contributed by atoms with Crippen LogP contribution in [-0.4, -0.2) is 15.5 Å². The third-order valence-corrected chi connectivity index (χ3v) is 3.10. The molecule has 1 N–H and O–H groups in total. The Morgan fingerprint density at radius 2 is 2.05 bits per heavy atom. The summed E-state index contributed by atoms with van der Waals surface area (Å²) in [5.41, 5.74) is 0.731. The van der Waals surface area contributed by atoms with Gasteiger partial charge in [-0.1, -0.05) is 34.1 Å². The number of ether oxygens (including phenoxy) is 1. The highest BCUT2D eigenvalue weighted by Crippen LogP contribution is 2.16. The van der Waals surface area contributed by atoms with Crippen LogP contribution in [0.2, 0.25) is 0 Å². The van der Waals surface area contributed by atoms with Crippen molar-refractivity contribution in [3.8, 4) is 5.75 Å². The highest BCUT2D eigenvalue weighted by molar-refractivity contribution is 9.10. The summed E-state index contributed by atoms with van der Waals surface area (Å²) in [4.78, 5) is 16.0. The van der Waals surface area contributed by atoms with Gasteiger partial charge in [-0.05, 0) is 24.3 Å². The quantitative estimate of drug-likeness (QED) is 0.778. The van der Waals surface area contributed by atoms with Crippen molar-refractivity contribution in [1.29, 1.82) is 0 Å². The van der Waals surface area contributed by atoms with E-state index in [2.05, 4.69) is 26.2 Å². The number of rotatable bonds is 2. The van der Waals surface area contributed by atoms with Crippen LogP contribution in [0, 0.1) is 0 Å². The molecule has 3 rings (SSSR count). The fourth-order valence-electron chi connectivity index (χ4n) is 1.74. The molecule has 1 aromatic carbocycles. The number of pyridine rings is 1. The van der Waals surface area contributed by atoms with Crippen molar-refractivity contribution in [2.24, 2.45) is 0 Å². The molecular formula is C14H10BrN3O2. The molecule has 0 aliphatic rings. The van der Waals surface area contributed by atoms with Gasteiger partial charge in [-0.2, -0.15) is 0 Å². The highest BCUT2D eigenvalue weighted by atomic mass is 79.9. The highest BCUT2D eigenvalue weighted by Gasteiger charge is 2.08. The molecule has 0 aliphatic carbocycles. The smallest absolute Gasteiger partial charge is 0.410 e. The summed E-state index contributed by atoms with van der Waals surface area (Å²) in [6, 6.07) is 12.6. The number of halogens is 1. The van der Waals surface area contributed by atoms with Gasteiger partial charge >= 0.3 is 6.09 Å². The molecule has 20 heavy (non-hydrogen) atoms. The standard InChI is InChI=1S/C14H10BrN3O2/c15-10-6-7-18-9-12(16-13(18)8-10)17-14(19)20-11-4-2-1-3-5-11/h1-9H,(H,17,19). The van der Waals surface area contributed by atoms with Crippen LogP contribution in [0.1, 0.15) is 0 Å². The average Bonchev–Trinajstić information content (AvgIpc) is 2.80. The van der Waals surface area contributed by atoms with Crippen LogP contribution >= 0.6 is 15.9 Å². The number of fused-ring (bicyclic) bond motifs is 1. The first-order valence-corrected chi connectivity index (χ1v) is 6.68. The van der Waals surface area contributed by atoms with E-state index in [1.807, 2.05) is 28.8 Å². The van der Waals surface area contributed by atoms with Crippen LogP contribution in [-0.2, 0) is 0 Å². The first-order chi connectivity index (χ1) is 9.70. The molecule has 2 heterocycles.